The van der Waals surface area contributed by atoms with Gasteiger partial charge in [-0.05, 0) is 38.1 Å². The lowest BCUT2D eigenvalue weighted by atomic mass is 10.2. The first-order valence-electron chi connectivity index (χ1n) is 7.09. The van der Waals surface area contributed by atoms with Crippen LogP contribution in [0.25, 0.3) is 0 Å². The summed E-state index contributed by atoms with van der Waals surface area (Å²) in [5.74, 6) is 0. The highest BCUT2D eigenvalue weighted by Crippen LogP contribution is 2.38. The Hall–Kier alpha value is -1.18. The smallest absolute Gasteiger partial charge is 0.262 e. The Balaban J connectivity index is 1.93. The molecule has 2 aromatic rings. The molecule has 0 unspecified atom stereocenters. The van der Waals surface area contributed by atoms with E-state index in [4.69, 9.17) is 0 Å². The number of hydrogen-bond acceptors (Lipinski definition) is 4. The van der Waals surface area contributed by atoms with Gasteiger partial charge in [-0.2, -0.15) is 4.31 Å². The minimum Gasteiger partial charge on any atom is -0.334 e. The van der Waals surface area contributed by atoms with E-state index in [1.165, 1.54) is 0 Å². The van der Waals surface area contributed by atoms with Gasteiger partial charge in [0.25, 0.3) is 10.0 Å². The summed E-state index contributed by atoms with van der Waals surface area (Å²) in [6, 6.07) is 4.14. The monoisotopic (exact) mass is 325 g/mol. The largest absolute Gasteiger partial charge is 0.334 e. The predicted molar refractivity (Wildman–Crippen MR) is 82.8 cm³/mol. The van der Waals surface area contributed by atoms with Crippen LogP contribution >= 0.6 is 11.3 Å². The first-order chi connectivity index (χ1) is 10.00. The molecule has 0 amide bonds. The molecule has 1 fully saturated rings. The first-order valence-corrected chi connectivity index (χ1v) is 9.41. The number of imidazole rings is 1. The van der Waals surface area contributed by atoms with Gasteiger partial charge < -0.3 is 4.57 Å². The summed E-state index contributed by atoms with van der Waals surface area (Å²) in [7, 11) is -3.52. The fraction of sp³-hybridized carbons (Fsp3) is 0.500. The molecule has 7 heteroatoms. The number of hydrogen-bond donors (Lipinski definition) is 0. The van der Waals surface area contributed by atoms with E-state index in [0.29, 0.717) is 6.54 Å². The van der Waals surface area contributed by atoms with Crippen molar-refractivity contribution in [2.24, 2.45) is 0 Å². The van der Waals surface area contributed by atoms with Crippen LogP contribution < -0.4 is 0 Å². The first kappa shape index (κ1) is 14.7. The molecule has 0 bridgehead atoms. The molecule has 114 valence electrons. The molecule has 0 aromatic carbocycles. The normalized spacial score (nSPS) is 20.4. The highest BCUT2D eigenvalue weighted by atomic mass is 32.2. The molecule has 1 atom stereocenters. The number of rotatable bonds is 4. The zero-order chi connectivity index (χ0) is 15.0. The van der Waals surface area contributed by atoms with E-state index in [-0.39, 0.29) is 17.1 Å². The third-order valence-electron chi connectivity index (χ3n) is 3.82. The summed E-state index contributed by atoms with van der Waals surface area (Å²) in [5, 5.41) is 2.14. The maximum Gasteiger partial charge on any atom is 0.262 e. The molecule has 3 heterocycles. The molecule has 0 N–H and O–H groups in total. The number of sulfonamides is 1. The predicted octanol–water partition coefficient (Wildman–Crippen LogP) is 3.05. The van der Waals surface area contributed by atoms with E-state index in [9.17, 15) is 8.42 Å². The molecule has 21 heavy (non-hydrogen) atoms. The Morgan fingerprint density at radius 3 is 2.86 bits per heavy atom. The average molecular weight is 325 g/mol. The highest BCUT2D eigenvalue weighted by Gasteiger charge is 2.37. The van der Waals surface area contributed by atoms with E-state index in [0.717, 1.165) is 17.7 Å². The SMILES string of the molecule is CC(C)n1cnc(S(=O)(=O)N2CCC[C@H]2c2cccs2)c1. The summed E-state index contributed by atoms with van der Waals surface area (Å²) in [6.07, 6.45) is 4.99. The van der Waals surface area contributed by atoms with Crippen molar-refractivity contribution in [3.63, 3.8) is 0 Å². The maximum absolute atomic E-state index is 12.8. The van der Waals surface area contributed by atoms with Crippen LogP contribution in [-0.2, 0) is 10.0 Å². The van der Waals surface area contributed by atoms with E-state index >= 15 is 0 Å². The van der Waals surface area contributed by atoms with E-state index < -0.39 is 10.0 Å². The zero-order valence-electron chi connectivity index (χ0n) is 12.1. The van der Waals surface area contributed by atoms with Crippen LogP contribution in [0.2, 0.25) is 0 Å². The van der Waals surface area contributed by atoms with E-state index in [2.05, 4.69) is 4.98 Å². The van der Waals surface area contributed by atoms with Crippen molar-refractivity contribution in [1.29, 1.82) is 0 Å². The standard InChI is InChI=1S/C14H19N3O2S2/c1-11(2)16-9-14(15-10-16)21(18,19)17-7-3-5-12(17)13-6-4-8-20-13/h4,6,8-12H,3,5,7H2,1-2H3/t12-/m0/s1. The van der Waals surface area contributed by atoms with Gasteiger partial charge in [0.1, 0.15) is 0 Å². The molecular weight excluding hydrogens is 306 g/mol. The van der Waals surface area contributed by atoms with Crippen molar-refractivity contribution in [2.45, 2.75) is 43.8 Å². The Bertz CT molecular complexity index is 704. The van der Waals surface area contributed by atoms with Gasteiger partial charge in [-0.15, -0.1) is 11.3 Å². The fourth-order valence-electron chi connectivity index (χ4n) is 2.65. The molecule has 1 aliphatic heterocycles. The maximum atomic E-state index is 12.8. The summed E-state index contributed by atoms with van der Waals surface area (Å²) in [5.41, 5.74) is 0. The zero-order valence-corrected chi connectivity index (χ0v) is 13.8. The quantitative estimate of drug-likeness (QED) is 0.868. The number of nitrogens with zero attached hydrogens (tertiary/aromatic N) is 3. The Morgan fingerprint density at radius 2 is 2.24 bits per heavy atom. The van der Waals surface area contributed by atoms with Gasteiger partial charge in [-0.1, -0.05) is 6.07 Å². The third kappa shape index (κ3) is 2.65. The fourth-order valence-corrected chi connectivity index (χ4v) is 5.19. The van der Waals surface area contributed by atoms with Crippen LogP contribution in [0.5, 0.6) is 0 Å². The molecule has 5 nitrogen and oxygen atoms in total. The van der Waals surface area contributed by atoms with Gasteiger partial charge in [0.2, 0.25) is 0 Å². The molecule has 0 aliphatic carbocycles. The summed E-state index contributed by atoms with van der Waals surface area (Å²) in [6.45, 7) is 4.57. The lowest BCUT2D eigenvalue weighted by Gasteiger charge is -2.22. The number of aromatic nitrogens is 2. The van der Waals surface area contributed by atoms with E-state index in [1.54, 1.807) is 28.2 Å². The molecule has 0 saturated carbocycles. The van der Waals surface area contributed by atoms with Crippen molar-refractivity contribution in [2.75, 3.05) is 6.54 Å². The van der Waals surface area contributed by atoms with Crippen molar-refractivity contribution in [3.8, 4) is 0 Å². The van der Waals surface area contributed by atoms with Gasteiger partial charge in [0.15, 0.2) is 5.03 Å². The Morgan fingerprint density at radius 1 is 1.43 bits per heavy atom. The molecule has 0 radical (unpaired) electrons. The van der Waals surface area contributed by atoms with Crippen LogP contribution in [0.1, 0.15) is 43.6 Å². The van der Waals surface area contributed by atoms with Crippen LogP contribution in [-0.4, -0.2) is 28.8 Å². The van der Waals surface area contributed by atoms with Crippen molar-refractivity contribution in [3.05, 3.63) is 34.9 Å². The van der Waals surface area contributed by atoms with Crippen LogP contribution in [0.15, 0.2) is 35.1 Å². The lowest BCUT2D eigenvalue weighted by Crippen LogP contribution is -2.30. The highest BCUT2D eigenvalue weighted by molar-refractivity contribution is 7.89. The minimum atomic E-state index is -3.52. The van der Waals surface area contributed by atoms with E-state index in [1.807, 2.05) is 35.9 Å². The molecule has 3 rings (SSSR count). The van der Waals surface area contributed by atoms with Gasteiger partial charge in [0.05, 0.1) is 12.4 Å². The third-order valence-corrected chi connectivity index (χ3v) is 6.59. The van der Waals surface area contributed by atoms with Crippen LogP contribution in [0, 0.1) is 0 Å². The summed E-state index contributed by atoms with van der Waals surface area (Å²) in [4.78, 5) is 5.22. The minimum absolute atomic E-state index is 0.0424. The van der Waals surface area contributed by atoms with Crippen molar-refractivity contribution in [1.82, 2.24) is 13.9 Å². The summed E-state index contributed by atoms with van der Waals surface area (Å²) < 4.78 is 29.1. The average Bonchev–Trinajstić information content (AvgIpc) is 3.19. The van der Waals surface area contributed by atoms with Crippen LogP contribution in [0.3, 0.4) is 0 Å². The topological polar surface area (TPSA) is 55.2 Å². The van der Waals surface area contributed by atoms with Crippen LogP contribution in [0.4, 0.5) is 0 Å². The Labute approximate surface area is 129 Å². The summed E-state index contributed by atoms with van der Waals surface area (Å²) >= 11 is 1.61. The molecule has 0 spiro atoms. The van der Waals surface area contributed by atoms with Crippen molar-refractivity contribution < 1.29 is 8.42 Å². The second-order valence-electron chi connectivity index (χ2n) is 5.54. The van der Waals surface area contributed by atoms with Gasteiger partial charge >= 0.3 is 0 Å². The lowest BCUT2D eigenvalue weighted by molar-refractivity contribution is 0.399. The second-order valence-corrected chi connectivity index (χ2v) is 8.36. The molecule has 1 aliphatic rings. The Kier molecular flexibility index (Phi) is 3.90. The second kappa shape index (κ2) is 5.55. The van der Waals surface area contributed by atoms with Crippen molar-refractivity contribution >= 4 is 21.4 Å². The molecule has 2 aromatic heterocycles. The van der Waals surface area contributed by atoms with Gasteiger partial charge in [-0.3, -0.25) is 0 Å². The molecule has 1 saturated heterocycles. The molecular formula is C14H19N3O2S2. The van der Waals surface area contributed by atoms with Gasteiger partial charge in [-0.25, -0.2) is 13.4 Å². The van der Waals surface area contributed by atoms with Gasteiger partial charge in [0, 0.05) is 23.7 Å². The number of thiophene rings is 1.